The zero-order chi connectivity index (χ0) is 30.7. The first kappa shape index (κ1) is 39.2. The van der Waals surface area contributed by atoms with Crippen LogP contribution in [0, 0.1) is 0 Å². The minimum atomic E-state index is -4.00. The van der Waals surface area contributed by atoms with Crippen LogP contribution in [0.5, 0.6) is 0 Å². The first-order chi connectivity index (χ1) is 20.1. The summed E-state index contributed by atoms with van der Waals surface area (Å²) in [4.78, 5) is 22.4. The summed E-state index contributed by atoms with van der Waals surface area (Å²) in [7, 11) is -3.82. The fraction of sp³-hybridized carbons (Fsp3) is 0.828. The van der Waals surface area contributed by atoms with Crippen LogP contribution < -0.4 is 11.9 Å². The molecule has 7 N–H and O–H groups in total. The molecule has 43 heavy (non-hydrogen) atoms. The lowest BCUT2D eigenvalue weighted by Crippen LogP contribution is -2.17. The number of unbranched alkanes of at least 4 members (excludes halogenated alkanes) is 16. The first-order valence-electron chi connectivity index (χ1n) is 15.6. The van der Waals surface area contributed by atoms with Gasteiger partial charge in [0.1, 0.15) is 18.2 Å². The molecule has 2 heterocycles. The third-order valence-corrected chi connectivity index (χ3v) is 8.36. The molecule has 1 unspecified atom stereocenters. The maximum Gasteiger partial charge on any atom is 0.389 e. The second-order valence-electron chi connectivity index (χ2n) is 11.3. The number of halogens is 3. The summed E-state index contributed by atoms with van der Waals surface area (Å²) in [5.74, 6) is 0.301. The summed E-state index contributed by atoms with van der Waals surface area (Å²) in [6.07, 6.45) is 15.5. The Labute approximate surface area is 254 Å². The molecule has 0 radical (unpaired) electrons. The van der Waals surface area contributed by atoms with Gasteiger partial charge in [-0.15, -0.1) is 0 Å². The van der Waals surface area contributed by atoms with Gasteiger partial charge in [0.25, 0.3) is 0 Å². The number of imidazole rings is 1. The Morgan fingerprint density at radius 2 is 1.35 bits per heavy atom. The molecule has 10 nitrogen and oxygen atoms in total. The summed E-state index contributed by atoms with van der Waals surface area (Å²) < 4.78 is 61.1. The number of hydrogen-bond acceptors (Lipinski definition) is 7. The summed E-state index contributed by atoms with van der Waals surface area (Å²) >= 11 is 0. The molecule has 0 bridgehead atoms. The largest absolute Gasteiger partial charge is 0.389 e. The highest BCUT2D eigenvalue weighted by molar-refractivity contribution is 7.52. The van der Waals surface area contributed by atoms with Crippen molar-refractivity contribution in [1.82, 2.24) is 25.7 Å². The van der Waals surface area contributed by atoms with Gasteiger partial charge < -0.3 is 30.6 Å². The summed E-state index contributed by atoms with van der Waals surface area (Å²) in [6.45, 7) is 2.44. The van der Waals surface area contributed by atoms with Crippen LogP contribution in [-0.4, -0.2) is 49.6 Å². The van der Waals surface area contributed by atoms with Crippen LogP contribution in [0.15, 0.2) is 12.7 Å². The number of nitrogens with zero attached hydrogens (tertiary/aromatic N) is 4. The third kappa shape index (κ3) is 18.6. The normalized spacial score (nSPS) is 14.1. The number of nitrogen functional groups attached to an aromatic ring is 1. The molecule has 0 aliphatic rings. The van der Waals surface area contributed by atoms with Gasteiger partial charge in [-0.1, -0.05) is 96.3 Å². The van der Waals surface area contributed by atoms with Crippen molar-refractivity contribution >= 4 is 24.6 Å². The van der Waals surface area contributed by atoms with Gasteiger partial charge in [-0.3, -0.25) is 4.57 Å². The molecular weight excluding hydrogens is 584 g/mol. The van der Waals surface area contributed by atoms with Crippen LogP contribution in [0.1, 0.15) is 122 Å². The molecule has 2 atom stereocenters. The van der Waals surface area contributed by atoms with E-state index in [1.807, 2.05) is 0 Å². The van der Waals surface area contributed by atoms with E-state index in [1.54, 1.807) is 17.8 Å². The molecule has 0 saturated carbocycles. The molecule has 0 aromatic carbocycles. The predicted octanol–water partition coefficient (Wildman–Crippen LogP) is 8.93. The maximum atomic E-state index is 12.3. The van der Waals surface area contributed by atoms with Gasteiger partial charge in [0, 0.05) is 6.42 Å². The Morgan fingerprint density at radius 3 is 1.86 bits per heavy atom. The Hall–Kier alpha value is -1.79. The van der Waals surface area contributed by atoms with Crippen LogP contribution in [0.2, 0.25) is 0 Å². The molecule has 0 aliphatic carbocycles. The van der Waals surface area contributed by atoms with Crippen molar-refractivity contribution in [2.75, 3.05) is 18.7 Å². The smallest absolute Gasteiger partial charge is 0.382 e. The number of nitrogens with two attached hydrogens (primary N) is 1. The Bertz CT molecular complexity index is 1040. The van der Waals surface area contributed by atoms with Crippen molar-refractivity contribution in [2.45, 2.75) is 141 Å². The van der Waals surface area contributed by atoms with Crippen molar-refractivity contribution in [3.8, 4) is 0 Å². The van der Waals surface area contributed by atoms with Crippen molar-refractivity contribution in [3.63, 3.8) is 0 Å². The summed E-state index contributed by atoms with van der Waals surface area (Å²) in [5.41, 5.74) is 6.90. The third-order valence-electron chi connectivity index (χ3n) is 7.30. The van der Waals surface area contributed by atoms with E-state index in [-0.39, 0.29) is 31.6 Å². The Kier molecular flexibility index (Phi) is 19.9. The molecule has 2 aromatic rings. The fourth-order valence-corrected chi connectivity index (χ4v) is 5.84. The quantitative estimate of drug-likeness (QED) is 0.0716. The first-order valence-corrected chi connectivity index (χ1v) is 17.4. The highest BCUT2D eigenvalue weighted by atomic mass is 31.2. The van der Waals surface area contributed by atoms with Gasteiger partial charge in [0.05, 0.1) is 25.6 Å². The lowest BCUT2D eigenvalue weighted by molar-refractivity contribution is -0.135. The topological polar surface area (TPSA) is 162 Å². The van der Waals surface area contributed by atoms with Crippen molar-refractivity contribution in [1.29, 1.82) is 0 Å². The van der Waals surface area contributed by atoms with Crippen LogP contribution in [0.25, 0.3) is 11.2 Å². The van der Waals surface area contributed by atoms with Gasteiger partial charge in [-0.05, 0) is 19.8 Å². The molecule has 2 rings (SSSR count). The molecule has 0 amide bonds. The van der Waals surface area contributed by atoms with Gasteiger partial charge in [-0.25, -0.2) is 15.0 Å². The minimum Gasteiger partial charge on any atom is -0.382 e. The second kappa shape index (κ2) is 21.8. The van der Waals surface area contributed by atoms with E-state index >= 15 is 0 Å². The fourth-order valence-electron chi connectivity index (χ4n) is 4.91. The van der Waals surface area contributed by atoms with Crippen LogP contribution in [0.3, 0.4) is 0 Å². The number of fused-ring (bicyclic) bond motifs is 1. The lowest BCUT2D eigenvalue weighted by atomic mass is 10.0. The highest BCUT2D eigenvalue weighted by Crippen LogP contribution is 2.42. The zero-order valence-electron chi connectivity index (χ0n) is 26.2. The average molecular weight is 640 g/mol. The average Bonchev–Trinajstić information content (AvgIpc) is 3.34. The SMILES string of the molecule is C[C@H](Cn1cnc2c(N)ncnc21)OCP(=O)(O)OCCCCCCCCCCCCCCCCCCCC(F)(F)F.[NH4+]. The molecule has 0 aliphatic heterocycles. The molecule has 0 spiro atoms. The number of aromatic nitrogens is 4. The summed E-state index contributed by atoms with van der Waals surface area (Å²) in [6, 6.07) is 0. The summed E-state index contributed by atoms with van der Waals surface area (Å²) in [5, 5.41) is 0. The van der Waals surface area contributed by atoms with E-state index in [4.69, 9.17) is 15.0 Å². The number of ether oxygens (including phenoxy) is 1. The monoisotopic (exact) mass is 639 g/mol. The predicted molar refractivity (Wildman–Crippen MR) is 166 cm³/mol. The van der Waals surface area contributed by atoms with E-state index in [0.717, 1.165) is 38.5 Å². The zero-order valence-corrected chi connectivity index (χ0v) is 27.1. The van der Waals surface area contributed by atoms with Crippen LogP contribution >= 0.6 is 7.60 Å². The van der Waals surface area contributed by atoms with E-state index in [1.165, 1.54) is 64.1 Å². The Morgan fingerprint density at radius 1 is 0.860 bits per heavy atom. The number of anilines is 1. The molecule has 0 fully saturated rings. The van der Waals surface area contributed by atoms with Crippen molar-refractivity contribution in [2.24, 2.45) is 0 Å². The number of rotatable bonds is 25. The van der Waals surface area contributed by atoms with E-state index < -0.39 is 20.2 Å². The van der Waals surface area contributed by atoms with E-state index in [0.29, 0.717) is 29.9 Å². The van der Waals surface area contributed by atoms with Gasteiger partial charge in [-0.2, -0.15) is 13.2 Å². The van der Waals surface area contributed by atoms with Crippen molar-refractivity contribution < 1.29 is 31.9 Å². The molecule has 2 aromatic heterocycles. The van der Waals surface area contributed by atoms with Gasteiger partial charge in [0.2, 0.25) is 0 Å². The lowest BCUT2D eigenvalue weighted by Gasteiger charge is -2.17. The number of hydrogen-bond donors (Lipinski definition) is 3. The van der Waals surface area contributed by atoms with E-state index in [2.05, 4.69) is 15.0 Å². The van der Waals surface area contributed by atoms with Crippen LogP contribution in [0.4, 0.5) is 19.0 Å². The second-order valence-corrected chi connectivity index (χ2v) is 13.1. The standard InChI is InChI=1S/C29H51F3N5O4P.H3N/c1-25(21-37-23-36-26-27(33)34-22-35-28(26)37)40-24-42(38,39)41-20-18-16-14-12-10-8-6-4-2-3-5-7-9-11-13-15-17-19-29(30,31)32;/h22-23,25H,2-21,24H2,1H3,(H,38,39)(H2,33,34,35);1H3/p+1/t25-;/m1./s1. The van der Waals surface area contributed by atoms with Crippen molar-refractivity contribution in [3.05, 3.63) is 12.7 Å². The van der Waals surface area contributed by atoms with E-state index in [9.17, 15) is 22.6 Å². The molecular formula is C29H55F3N6O4P+. The number of quaternary nitrogens is 1. The minimum absolute atomic E-state index is 0. The molecule has 0 saturated heterocycles. The maximum absolute atomic E-state index is 12.3. The highest BCUT2D eigenvalue weighted by Gasteiger charge is 2.25. The number of alkyl halides is 3. The molecule has 14 heteroatoms. The molecule has 250 valence electrons. The Balaban J connectivity index is 0.00000924. The van der Waals surface area contributed by atoms with Crippen LogP contribution in [-0.2, 0) is 20.4 Å². The van der Waals surface area contributed by atoms with Gasteiger partial charge in [0.15, 0.2) is 11.5 Å². The van der Waals surface area contributed by atoms with Gasteiger partial charge >= 0.3 is 13.8 Å².